The Morgan fingerprint density at radius 3 is 2.35 bits per heavy atom. The molecule has 0 spiro atoms. The summed E-state index contributed by atoms with van der Waals surface area (Å²) in [6.07, 6.45) is 1.78. The smallest absolute Gasteiger partial charge is 0.325 e. The van der Waals surface area contributed by atoms with E-state index in [9.17, 15) is 9.59 Å². The topological polar surface area (TPSA) is 46.6 Å². The van der Waals surface area contributed by atoms with Crippen molar-refractivity contribution >= 4 is 11.9 Å². The van der Waals surface area contributed by atoms with E-state index in [0.29, 0.717) is 13.2 Å². The monoisotopic (exact) mass is 241 g/mol. The largest absolute Gasteiger partial charge is 0.465 e. The maximum absolute atomic E-state index is 12.2. The molecular formula is C13H23NO3. The summed E-state index contributed by atoms with van der Waals surface area (Å²) in [5.74, 6) is -0.124. The zero-order valence-corrected chi connectivity index (χ0v) is 11.3. The van der Waals surface area contributed by atoms with Gasteiger partial charge < -0.3 is 9.64 Å². The Hall–Kier alpha value is -1.06. The van der Waals surface area contributed by atoms with E-state index in [2.05, 4.69) is 13.8 Å². The quantitative estimate of drug-likeness (QED) is 0.667. The van der Waals surface area contributed by atoms with Gasteiger partial charge in [0, 0.05) is 12.5 Å². The number of ether oxygens (including phenoxy) is 1. The first-order chi connectivity index (χ1) is 7.92. The van der Waals surface area contributed by atoms with Gasteiger partial charge in [0.25, 0.3) is 0 Å². The molecule has 1 amide bonds. The highest BCUT2D eigenvalue weighted by Crippen LogP contribution is 2.52. The van der Waals surface area contributed by atoms with Gasteiger partial charge in [-0.05, 0) is 25.2 Å². The highest BCUT2D eigenvalue weighted by Gasteiger charge is 2.51. The molecule has 17 heavy (non-hydrogen) atoms. The van der Waals surface area contributed by atoms with E-state index in [0.717, 1.165) is 12.8 Å². The van der Waals surface area contributed by atoms with Crippen LogP contribution in [0, 0.1) is 11.3 Å². The molecule has 1 aliphatic rings. The molecule has 1 aliphatic carbocycles. The van der Waals surface area contributed by atoms with Crippen molar-refractivity contribution in [1.29, 1.82) is 0 Å². The fraction of sp³-hybridized carbons (Fsp3) is 0.846. The normalized spacial score (nSPS) is 20.8. The van der Waals surface area contributed by atoms with Crippen LogP contribution >= 0.6 is 0 Å². The average molecular weight is 241 g/mol. The summed E-state index contributed by atoms with van der Waals surface area (Å²) in [5, 5.41) is 0. The van der Waals surface area contributed by atoms with Crippen LogP contribution in [0.15, 0.2) is 0 Å². The van der Waals surface area contributed by atoms with Gasteiger partial charge in [-0.1, -0.05) is 20.8 Å². The number of rotatable bonds is 6. The molecule has 98 valence electrons. The molecule has 0 saturated heterocycles. The second-order valence-electron chi connectivity index (χ2n) is 5.31. The molecule has 0 N–H and O–H groups in total. The molecule has 1 rings (SSSR count). The Kier molecular flexibility index (Phi) is 4.54. The molecule has 1 unspecified atom stereocenters. The van der Waals surface area contributed by atoms with Crippen LogP contribution in [0.4, 0.5) is 0 Å². The second-order valence-corrected chi connectivity index (χ2v) is 5.31. The van der Waals surface area contributed by atoms with Crippen molar-refractivity contribution in [3.63, 3.8) is 0 Å². The zero-order valence-electron chi connectivity index (χ0n) is 11.3. The summed E-state index contributed by atoms with van der Waals surface area (Å²) in [6, 6.07) is 0. The Morgan fingerprint density at radius 1 is 1.35 bits per heavy atom. The lowest BCUT2D eigenvalue weighted by atomic mass is 10.1. The molecule has 0 aliphatic heterocycles. The fourth-order valence-corrected chi connectivity index (χ4v) is 2.01. The van der Waals surface area contributed by atoms with Gasteiger partial charge in [0.05, 0.1) is 6.61 Å². The van der Waals surface area contributed by atoms with Gasteiger partial charge in [0.2, 0.25) is 5.91 Å². The molecule has 1 saturated carbocycles. The highest BCUT2D eigenvalue weighted by molar-refractivity contribution is 5.86. The molecule has 0 bridgehead atoms. The summed E-state index contributed by atoms with van der Waals surface area (Å²) in [4.78, 5) is 25.2. The van der Waals surface area contributed by atoms with Crippen LogP contribution in [0.25, 0.3) is 0 Å². The number of carbonyl (C=O) groups excluding carboxylic acids is 2. The van der Waals surface area contributed by atoms with Crippen LogP contribution in [-0.2, 0) is 14.3 Å². The second kappa shape index (κ2) is 5.52. The predicted molar refractivity (Wildman–Crippen MR) is 65.4 cm³/mol. The van der Waals surface area contributed by atoms with Crippen LogP contribution in [0.5, 0.6) is 0 Å². The Balaban J connectivity index is 2.53. The third-order valence-electron chi connectivity index (χ3n) is 3.24. The Labute approximate surface area is 103 Å². The Morgan fingerprint density at radius 2 is 1.94 bits per heavy atom. The maximum Gasteiger partial charge on any atom is 0.325 e. The van der Waals surface area contributed by atoms with E-state index in [1.165, 1.54) is 0 Å². The lowest BCUT2D eigenvalue weighted by Gasteiger charge is -2.21. The lowest BCUT2D eigenvalue weighted by molar-refractivity contribution is -0.149. The number of esters is 1. The van der Waals surface area contributed by atoms with Crippen molar-refractivity contribution in [2.24, 2.45) is 11.3 Å². The molecule has 0 aromatic heterocycles. The van der Waals surface area contributed by atoms with E-state index in [4.69, 9.17) is 4.74 Å². The summed E-state index contributed by atoms with van der Waals surface area (Å²) in [5.41, 5.74) is 0.109. The summed E-state index contributed by atoms with van der Waals surface area (Å²) < 4.78 is 4.89. The molecule has 4 heteroatoms. The SMILES string of the molecule is CCCN(CC(=O)OCC)C(=O)C1CC1(C)C. The van der Waals surface area contributed by atoms with Gasteiger partial charge >= 0.3 is 5.97 Å². The molecule has 0 aromatic carbocycles. The van der Waals surface area contributed by atoms with E-state index in [1.807, 2.05) is 6.92 Å². The van der Waals surface area contributed by atoms with Gasteiger partial charge in [-0.2, -0.15) is 0 Å². The Bertz CT molecular complexity index is 299. The summed E-state index contributed by atoms with van der Waals surface area (Å²) >= 11 is 0. The highest BCUT2D eigenvalue weighted by atomic mass is 16.5. The molecule has 0 aromatic rings. The minimum absolute atomic E-state index is 0.0866. The van der Waals surface area contributed by atoms with Gasteiger partial charge in [-0.3, -0.25) is 9.59 Å². The standard InChI is InChI=1S/C13H23NO3/c1-5-7-14(9-11(15)17-6-2)12(16)10-8-13(10,3)4/h10H,5-9H2,1-4H3. The third-order valence-corrected chi connectivity index (χ3v) is 3.24. The first-order valence-electron chi connectivity index (χ1n) is 6.36. The van der Waals surface area contributed by atoms with Crippen LogP contribution in [0.3, 0.4) is 0 Å². The third kappa shape index (κ3) is 3.72. The van der Waals surface area contributed by atoms with E-state index < -0.39 is 0 Å². The van der Waals surface area contributed by atoms with E-state index in [1.54, 1.807) is 11.8 Å². The molecule has 0 radical (unpaired) electrons. The van der Waals surface area contributed by atoms with Gasteiger partial charge in [-0.15, -0.1) is 0 Å². The maximum atomic E-state index is 12.2. The van der Waals surface area contributed by atoms with E-state index in [-0.39, 0.29) is 29.8 Å². The first-order valence-corrected chi connectivity index (χ1v) is 6.36. The van der Waals surface area contributed by atoms with Crippen molar-refractivity contribution in [1.82, 2.24) is 4.90 Å². The minimum atomic E-state index is -0.312. The minimum Gasteiger partial charge on any atom is -0.465 e. The van der Waals surface area contributed by atoms with Crippen LogP contribution in [0.1, 0.15) is 40.5 Å². The molecule has 1 atom stereocenters. The summed E-state index contributed by atoms with van der Waals surface area (Å²) in [6.45, 7) is 9.03. The van der Waals surface area contributed by atoms with Crippen LogP contribution in [-0.4, -0.2) is 36.5 Å². The number of hydrogen-bond acceptors (Lipinski definition) is 3. The van der Waals surface area contributed by atoms with Crippen LogP contribution < -0.4 is 0 Å². The number of amides is 1. The molecule has 0 heterocycles. The number of carbonyl (C=O) groups is 2. The fourth-order valence-electron chi connectivity index (χ4n) is 2.01. The number of hydrogen-bond donors (Lipinski definition) is 0. The van der Waals surface area contributed by atoms with Gasteiger partial charge in [0.1, 0.15) is 6.54 Å². The van der Waals surface area contributed by atoms with E-state index >= 15 is 0 Å². The van der Waals surface area contributed by atoms with Crippen molar-refractivity contribution < 1.29 is 14.3 Å². The lowest BCUT2D eigenvalue weighted by Crippen LogP contribution is -2.38. The van der Waals surface area contributed by atoms with Gasteiger partial charge in [-0.25, -0.2) is 0 Å². The number of nitrogens with zero attached hydrogens (tertiary/aromatic N) is 1. The molecule has 4 nitrogen and oxygen atoms in total. The first kappa shape index (κ1) is 14.0. The van der Waals surface area contributed by atoms with Crippen molar-refractivity contribution in [3.05, 3.63) is 0 Å². The van der Waals surface area contributed by atoms with Crippen molar-refractivity contribution in [2.75, 3.05) is 19.7 Å². The van der Waals surface area contributed by atoms with Gasteiger partial charge in [0.15, 0.2) is 0 Å². The summed E-state index contributed by atoms with van der Waals surface area (Å²) in [7, 11) is 0. The van der Waals surface area contributed by atoms with Crippen molar-refractivity contribution in [3.8, 4) is 0 Å². The van der Waals surface area contributed by atoms with Crippen molar-refractivity contribution in [2.45, 2.75) is 40.5 Å². The predicted octanol–water partition coefficient (Wildman–Crippen LogP) is 1.83. The molecular weight excluding hydrogens is 218 g/mol. The molecule has 1 fully saturated rings. The van der Waals surface area contributed by atoms with Crippen LogP contribution in [0.2, 0.25) is 0 Å². The average Bonchev–Trinajstić information content (AvgIpc) is 2.86. The zero-order chi connectivity index (χ0) is 13.1.